The molecule has 1 aliphatic heterocycles. The molecule has 1 fully saturated rings. The van der Waals surface area contributed by atoms with Crippen LogP contribution in [0.15, 0.2) is 18.2 Å². The van der Waals surface area contributed by atoms with Gasteiger partial charge in [0.05, 0.1) is 11.5 Å². The highest BCUT2D eigenvalue weighted by molar-refractivity contribution is 6.31. The van der Waals surface area contributed by atoms with Gasteiger partial charge in [-0.1, -0.05) is 18.5 Å². The normalized spacial score (nSPS) is 19.2. The van der Waals surface area contributed by atoms with Crippen LogP contribution >= 0.6 is 11.6 Å². The van der Waals surface area contributed by atoms with Gasteiger partial charge in [0.15, 0.2) is 0 Å². The van der Waals surface area contributed by atoms with Crippen molar-refractivity contribution in [3.63, 3.8) is 0 Å². The van der Waals surface area contributed by atoms with Crippen molar-refractivity contribution < 1.29 is 9.72 Å². The van der Waals surface area contributed by atoms with E-state index in [1.54, 1.807) is 0 Å². The fourth-order valence-corrected chi connectivity index (χ4v) is 2.75. The van der Waals surface area contributed by atoms with Gasteiger partial charge < -0.3 is 5.32 Å². The zero-order valence-electron chi connectivity index (χ0n) is 11.8. The van der Waals surface area contributed by atoms with Crippen molar-refractivity contribution in [2.45, 2.75) is 19.8 Å². The Labute approximate surface area is 128 Å². The van der Waals surface area contributed by atoms with Crippen molar-refractivity contribution in [1.82, 2.24) is 4.90 Å². The van der Waals surface area contributed by atoms with Gasteiger partial charge in [-0.15, -0.1) is 0 Å². The van der Waals surface area contributed by atoms with E-state index in [1.165, 1.54) is 24.6 Å². The minimum Gasteiger partial charge on any atom is -0.319 e. The van der Waals surface area contributed by atoms with Gasteiger partial charge in [0.25, 0.3) is 5.69 Å². The summed E-state index contributed by atoms with van der Waals surface area (Å²) in [6, 6.07) is 4.21. The zero-order chi connectivity index (χ0) is 15.4. The second-order valence-electron chi connectivity index (χ2n) is 5.45. The average molecular weight is 312 g/mol. The molecule has 0 spiro atoms. The van der Waals surface area contributed by atoms with Gasteiger partial charge in [-0.25, -0.2) is 0 Å². The topological polar surface area (TPSA) is 75.5 Å². The molecular weight excluding hydrogens is 294 g/mol. The number of carbonyl (C=O) groups excluding carboxylic acids is 1. The summed E-state index contributed by atoms with van der Waals surface area (Å²) in [6.07, 6.45) is 2.26. The molecule has 0 aliphatic carbocycles. The number of amides is 1. The number of carbonyl (C=O) groups is 1. The van der Waals surface area contributed by atoms with Gasteiger partial charge in [-0.2, -0.15) is 0 Å². The first kappa shape index (κ1) is 15.7. The third-order valence-corrected chi connectivity index (χ3v) is 3.77. The molecule has 0 saturated carbocycles. The van der Waals surface area contributed by atoms with Gasteiger partial charge in [0.1, 0.15) is 5.69 Å². The molecule has 2 rings (SSSR count). The van der Waals surface area contributed by atoms with Crippen LogP contribution in [0.4, 0.5) is 11.4 Å². The van der Waals surface area contributed by atoms with Crippen molar-refractivity contribution >= 4 is 28.9 Å². The summed E-state index contributed by atoms with van der Waals surface area (Å²) in [5.74, 6) is 0.339. The monoisotopic (exact) mass is 311 g/mol. The predicted molar refractivity (Wildman–Crippen MR) is 81.6 cm³/mol. The summed E-state index contributed by atoms with van der Waals surface area (Å²) in [6.45, 7) is 4.19. The van der Waals surface area contributed by atoms with Crippen LogP contribution in [0, 0.1) is 16.0 Å². The van der Waals surface area contributed by atoms with Crippen molar-refractivity contribution in [2.24, 2.45) is 5.92 Å². The first-order chi connectivity index (χ1) is 9.95. The van der Waals surface area contributed by atoms with E-state index in [2.05, 4.69) is 17.1 Å². The number of nitrogens with one attached hydrogen (secondary N) is 1. The molecule has 0 radical (unpaired) electrons. The first-order valence-electron chi connectivity index (χ1n) is 6.92. The maximum Gasteiger partial charge on any atom is 0.294 e. The maximum atomic E-state index is 12.0. The molecule has 0 unspecified atom stereocenters. The smallest absolute Gasteiger partial charge is 0.294 e. The molecule has 1 aliphatic rings. The Morgan fingerprint density at radius 1 is 1.57 bits per heavy atom. The summed E-state index contributed by atoms with van der Waals surface area (Å²) < 4.78 is 0. The van der Waals surface area contributed by atoms with E-state index in [4.69, 9.17) is 11.6 Å². The van der Waals surface area contributed by atoms with Gasteiger partial charge in [0, 0.05) is 17.6 Å². The molecule has 1 aromatic carbocycles. The molecule has 7 heteroatoms. The molecule has 0 bridgehead atoms. The lowest BCUT2D eigenvalue weighted by Crippen LogP contribution is -2.39. The number of nitrogens with zero attached hydrogens (tertiary/aromatic N) is 2. The standard InChI is InChI=1S/C14H18ClN3O3/c1-10-3-2-6-17(8-10)9-14(19)16-12-5-4-11(15)7-13(12)18(20)21/h4-5,7,10H,2-3,6,8-9H2,1H3,(H,16,19)/t10-/m0/s1. The van der Waals surface area contributed by atoms with Crippen LogP contribution in [-0.2, 0) is 4.79 Å². The fraction of sp³-hybridized carbons (Fsp3) is 0.500. The van der Waals surface area contributed by atoms with E-state index in [1.807, 2.05) is 0 Å². The summed E-state index contributed by atoms with van der Waals surface area (Å²) in [7, 11) is 0. The number of benzene rings is 1. The van der Waals surface area contributed by atoms with Crippen LogP contribution < -0.4 is 5.32 Å². The summed E-state index contributed by atoms with van der Waals surface area (Å²) in [5.41, 5.74) is -0.0117. The lowest BCUT2D eigenvalue weighted by atomic mass is 10.0. The molecule has 1 N–H and O–H groups in total. The largest absolute Gasteiger partial charge is 0.319 e. The number of nitro groups is 1. The Balaban J connectivity index is 2.01. The number of halogens is 1. The highest BCUT2D eigenvalue weighted by Gasteiger charge is 2.21. The third-order valence-electron chi connectivity index (χ3n) is 3.54. The third kappa shape index (κ3) is 4.41. The maximum absolute atomic E-state index is 12.0. The quantitative estimate of drug-likeness (QED) is 0.685. The minimum atomic E-state index is -0.551. The zero-order valence-corrected chi connectivity index (χ0v) is 12.6. The lowest BCUT2D eigenvalue weighted by Gasteiger charge is -2.30. The van der Waals surface area contributed by atoms with Gasteiger partial charge in [-0.3, -0.25) is 19.8 Å². The second kappa shape index (κ2) is 6.87. The number of rotatable bonds is 4. The Morgan fingerprint density at radius 3 is 3.00 bits per heavy atom. The summed E-state index contributed by atoms with van der Waals surface area (Å²) in [4.78, 5) is 24.5. The number of likely N-dealkylation sites (tertiary alicyclic amines) is 1. The van der Waals surface area contributed by atoms with Crippen LogP contribution in [0.2, 0.25) is 5.02 Å². The van der Waals surface area contributed by atoms with Crippen molar-refractivity contribution in [3.8, 4) is 0 Å². The molecule has 0 aromatic heterocycles. The Bertz CT molecular complexity index is 550. The van der Waals surface area contributed by atoms with Gasteiger partial charge in [0.2, 0.25) is 5.91 Å². The van der Waals surface area contributed by atoms with Crippen LogP contribution in [0.3, 0.4) is 0 Å². The molecule has 1 aromatic rings. The van der Waals surface area contributed by atoms with Gasteiger partial charge >= 0.3 is 0 Å². The molecule has 21 heavy (non-hydrogen) atoms. The number of anilines is 1. The SMILES string of the molecule is C[C@H]1CCCN(CC(=O)Nc2ccc(Cl)cc2[N+](=O)[O-])C1. The van der Waals surface area contributed by atoms with Crippen LogP contribution in [0.1, 0.15) is 19.8 Å². The highest BCUT2D eigenvalue weighted by atomic mass is 35.5. The van der Waals surface area contributed by atoms with Crippen molar-refractivity contribution in [1.29, 1.82) is 0 Å². The minimum absolute atomic E-state index is 0.180. The summed E-state index contributed by atoms with van der Waals surface area (Å²) in [5, 5.41) is 13.8. The highest BCUT2D eigenvalue weighted by Crippen LogP contribution is 2.27. The van der Waals surface area contributed by atoms with Gasteiger partial charge in [-0.05, 0) is 37.4 Å². The second-order valence-corrected chi connectivity index (χ2v) is 5.89. The molecule has 1 heterocycles. The Kier molecular flexibility index (Phi) is 5.14. The number of hydrogen-bond donors (Lipinski definition) is 1. The van der Waals surface area contributed by atoms with Crippen LogP contribution in [0.5, 0.6) is 0 Å². The molecule has 6 nitrogen and oxygen atoms in total. The van der Waals surface area contributed by atoms with E-state index in [0.29, 0.717) is 5.92 Å². The molecular formula is C14H18ClN3O3. The Hall–Kier alpha value is -1.66. The number of piperidine rings is 1. The first-order valence-corrected chi connectivity index (χ1v) is 7.29. The molecule has 1 amide bonds. The van der Waals surface area contributed by atoms with E-state index in [9.17, 15) is 14.9 Å². The number of hydrogen-bond acceptors (Lipinski definition) is 4. The van der Waals surface area contributed by atoms with Crippen molar-refractivity contribution in [2.75, 3.05) is 25.0 Å². The van der Waals surface area contributed by atoms with Crippen LogP contribution in [-0.4, -0.2) is 35.4 Å². The lowest BCUT2D eigenvalue weighted by molar-refractivity contribution is -0.383. The van der Waals surface area contributed by atoms with E-state index in [0.717, 1.165) is 19.5 Å². The Morgan fingerprint density at radius 2 is 2.33 bits per heavy atom. The van der Waals surface area contributed by atoms with E-state index < -0.39 is 4.92 Å². The molecule has 114 valence electrons. The number of nitro benzene ring substituents is 1. The van der Waals surface area contributed by atoms with Crippen molar-refractivity contribution in [3.05, 3.63) is 33.3 Å². The predicted octanol–water partition coefficient (Wildman–Crippen LogP) is 2.92. The molecule has 1 atom stereocenters. The van der Waals surface area contributed by atoms with E-state index in [-0.39, 0.29) is 28.8 Å². The fourth-order valence-electron chi connectivity index (χ4n) is 2.58. The van der Waals surface area contributed by atoms with Crippen LogP contribution in [0.25, 0.3) is 0 Å². The summed E-state index contributed by atoms with van der Waals surface area (Å²) >= 11 is 5.74. The van der Waals surface area contributed by atoms with E-state index >= 15 is 0 Å². The molecule has 1 saturated heterocycles. The average Bonchev–Trinajstić information content (AvgIpc) is 2.40.